The molecule has 0 fully saturated rings. The third-order valence-corrected chi connectivity index (χ3v) is 2.87. The molecule has 0 saturated heterocycles. The van der Waals surface area contributed by atoms with Crippen molar-refractivity contribution >= 4 is 28.4 Å². The Morgan fingerprint density at radius 3 is 2.74 bits per heavy atom. The summed E-state index contributed by atoms with van der Waals surface area (Å²) in [7, 11) is 0. The van der Waals surface area contributed by atoms with E-state index in [9.17, 15) is 9.59 Å². The van der Waals surface area contributed by atoms with Crippen LogP contribution in [0.25, 0.3) is 0 Å². The fourth-order valence-corrected chi connectivity index (χ4v) is 1.96. The molecular formula is C12H11N3O3S. The van der Waals surface area contributed by atoms with Crippen LogP contribution >= 0.6 is 11.5 Å². The maximum atomic E-state index is 12.2. The molecule has 19 heavy (non-hydrogen) atoms. The standard InChI is InChI=1S/C12H11N3O3S/c1-2-18-12(17)13-11-9(14-15-19-11)10(16)8-6-4-3-5-7-8/h3-7H,2H2,1H3,(H,13,17). The zero-order chi connectivity index (χ0) is 13.7. The Labute approximate surface area is 113 Å². The Bertz CT molecular complexity index is 583. The van der Waals surface area contributed by atoms with Gasteiger partial charge in [0.05, 0.1) is 6.61 Å². The molecule has 2 rings (SSSR count). The lowest BCUT2D eigenvalue weighted by atomic mass is 10.1. The fourth-order valence-electron chi connectivity index (χ4n) is 1.41. The Hall–Kier alpha value is -2.28. The number of nitrogens with one attached hydrogen (secondary N) is 1. The zero-order valence-corrected chi connectivity index (χ0v) is 10.9. The number of amides is 1. The van der Waals surface area contributed by atoms with E-state index in [1.165, 1.54) is 0 Å². The summed E-state index contributed by atoms with van der Waals surface area (Å²) in [6.45, 7) is 1.95. The van der Waals surface area contributed by atoms with Gasteiger partial charge in [0.25, 0.3) is 0 Å². The maximum Gasteiger partial charge on any atom is 0.412 e. The van der Waals surface area contributed by atoms with E-state index in [1.807, 2.05) is 6.07 Å². The van der Waals surface area contributed by atoms with E-state index in [1.54, 1.807) is 31.2 Å². The van der Waals surface area contributed by atoms with Gasteiger partial charge in [0.2, 0.25) is 5.78 Å². The number of ether oxygens (including phenoxy) is 1. The van der Waals surface area contributed by atoms with Crippen LogP contribution < -0.4 is 5.32 Å². The molecule has 1 N–H and O–H groups in total. The number of carbonyl (C=O) groups is 2. The lowest BCUT2D eigenvalue weighted by molar-refractivity contribution is 0.103. The van der Waals surface area contributed by atoms with Crippen molar-refractivity contribution in [3.05, 3.63) is 41.6 Å². The number of aromatic nitrogens is 2. The molecule has 1 aromatic carbocycles. The van der Waals surface area contributed by atoms with Crippen molar-refractivity contribution < 1.29 is 14.3 Å². The van der Waals surface area contributed by atoms with Gasteiger partial charge < -0.3 is 4.74 Å². The molecule has 0 aliphatic rings. The minimum absolute atomic E-state index is 0.115. The molecule has 0 radical (unpaired) electrons. The highest BCUT2D eigenvalue weighted by Gasteiger charge is 2.19. The van der Waals surface area contributed by atoms with Crippen molar-refractivity contribution in [3.8, 4) is 0 Å². The van der Waals surface area contributed by atoms with Crippen molar-refractivity contribution in [3.63, 3.8) is 0 Å². The van der Waals surface area contributed by atoms with Crippen molar-refractivity contribution in [1.82, 2.24) is 9.59 Å². The zero-order valence-electron chi connectivity index (χ0n) is 10.1. The van der Waals surface area contributed by atoms with Gasteiger partial charge >= 0.3 is 6.09 Å². The predicted octanol–water partition coefficient (Wildman–Crippen LogP) is 2.34. The quantitative estimate of drug-likeness (QED) is 0.867. The summed E-state index contributed by atoms with van der Waals surface area (Å²) >= 11 is 0.933. The molecule has 0 aliphatic carbocycles. The van der Waals surface area contributed by atoms with E-state index >= 15 is 0 Å². The predicted molar refractivity (Wildman–Crippen MR) is 70.4 cm³/mol. The molecule has 0 spiro atoms. The Kier molecular flexibility index (Phi) is 4.19. The minimum atomic E-state index is -0.629. The number of hydrogen-bond donors (Lipinski definition) is 1. The first-order chi connectivity index (χ1) is 9.22. The van der Waals surface area contributed by atoms with Gasteiger partial charge in [-0.15, -0.1) is 5.10 Å². The van der Waals surface area contributed by atoms with Gasteiger partial charge in [-0.05, 0) is 6.92 Å². The molecule has 0 aliphatic heterocycles. The lowest BCUT2D eigenvalue weighted by Gasteiger charge is -2.03. The fraction of sp³-hybridized carbons (Fsp3) is 0.167. The Morgan fingerprint density at radius 2 is 2.05 bits per heavy atom. The van der Waals surface area contributed by atoms with Crippen molar-refractivity contribution in [2.45, 2.75) is 6.92 Å². The van der Waals surface area contributed by atoms with Gasteiger partial charge in [-0.2, -0.15) is 0 Å². The van der Waals surface area contributed by atoms with Gasteiger partial charge in [0.15, 0.2) is 10.7 Å². The molecule has 6 nitrogen and oxygen atoms in total. The third kappa shape index (κ3) is 3.14. The van der Waals surface area contributed by atoms with E-state index in [2.05, 4.69) is 14.9 Å². The van der Waals surface area contributed by atoms with Crippen molar-refractivity contribution in [2.75, 3.05) is 11.9 Å². The summed E-state index contributed by atoms with van der Waals surface area (Å²) in [5.74, 6) is -0.291. The Morgan fingerprint density at radius 1 is 1.32 bits per heavy atom. The summed E-state index contributed by atoms with van der Waals surface area (Å²) in [5.41, 5.74) is 0.603. The molecule has 1 aromatic heterocycles. The first kappa shape index (κ1) is 13.2. The van der Waals surface area contributed by atoms with Gasteiger partial charge in [0, 0.05) is 17.1 Å². The minimum Gasteiger partial charge on any atom is -0.450 e. The van der Waals surface area contributed by atoms with E-state index in [-0.39, 0.29) is 23.1 Å². The van der Waals surface area contributed by atoms with Crippen LogP contribution in [0.5, 0.6) is 0 Å². The smallest absolute Gasteiger partial charge is 0.412 e. The first-order valence-electron chi connectivity index (χ1n) is 5.58. The molecule has 98 valence electrons. The van der Waals surface area contributed by atoms with Crippen LogP contribution in [0, 0.1) is 0 Å². The van der Waals surface area contributed by atoms with Crippen LogP contribution in [-0.2, 0) is 4.74 Å². The van der Waals surface area contributed by atoms with Crippen LogP contribution in [0.2, 0.25) is 0 Å². The van der Waals surface area contributed by atoms with E-state index in [0.717, 1.165) is 11.5 Å². The number of ketones is 1. The molecular weight excluding hydrogens is 266 g/mol. The van der Waals surface area contributed by atoms with E-state index in [4.69, 9.17) is 4.74 Å². The summed E-state index contributed by atoms with van der Waals surface area (Å²) < 4.78 is 8.43. The van der Waals surface area contributed by atoms with Crippen LogP contribution in [0.1, 0.15) is 23.0 Å². The highest BCUT2D eigenvalue weighted by Crippen LogP contribution is 2.21. The first-order valence-corrected chi connectivity index (χ1v) is 6.35. The van der Waals surface area contributed by atoms with Crippen LogP contribution in [-0.4, -0.2) is 28.1 Å². The second kappa shape index (κ2) is 6.05. The molecule has 1 amide bonds. The number of anilines is 1. The average molecular weight is 277 g/mol. The van der Waals surface area contributed by atoms with Gasteiger partial charge in [-0.1, -0.05) is 34.8 Å². The average Bonchev–Trinajstić information content (AvgIpc) is 2.87. The third-order valence-electron chi connectivity index (χ3n) is 2.23. The highest BCUT2D eigenvalue weighted by atomic mass is 32.1. The summed E-state index contributed by atoms with van der Waals surface area (Å²) in [4.78, 5) is 23.5. The number of benzene rings is 1. The summed E-state index contributed by atoms with van der Waals surface area (Å²) in [6.07, 6.45) is -0.629. The summed E-state index contributed by atoms with van der Waals surface area (Å²) in [6, 6.07) is 8.68. The largest absolute Gasteiger partial charge is 0.450 e. The van der Waals surface area contributed by atoms with Crippen LogP contribution in [0.3, 0.4) is 0 Å². The number of nitrogens with zero attached hydrogens (tertiary/aromatic N) is 2. The summed E-state index contributed by atoms with van der Waals surface area (Å²) in [5, 5.41) is 6.49. The lowest BCUT2D eigenvalue weighted by Crippen LogP contribution is -2.15. The van der Waals surface area contributed by atoms with Crippen molar-refractivity contribution in [1.29, 1.82) is 0 Å². The van der Waals surface area contributed by atoms with E-state index in [0.29, 0.717) is 5.56 Å². The number of rotatable bonds is 4. The van der Waals surface area contributed by atoms with Crippen LogP contribution in [0.15, 0.2) is 30.3 Å². The second-order valence-electron chi connectivity index (χ2n) is 3.49. The molecule has 1 heterocycles. The van der Waals surface area contributed by atoms with Gasteiger partial charge in [0.1, 0.15) is 0 Å². The molecule has 0 unspecified atom stereocenters. The van der Waals surface area contributed by atoms with Crippen molar-refractivity contribution in [2.24, 2.45) is 0 Å². The topological polar surface area (TPSA) is 81.2 Å². The normalized spacial score (nSPS) is 9.95. The maximum absolute atomic E-state index is 12.2. The molecule has 0 saturated carbocycles. The van der Waals surface area contributed by atoms with Gasteiger partial charge in [-0.25, -0.2) is 4.79 Å². The molecule has 2 aromatic rings. The SMILES string of the molecule is CCOC(=O)Nc1snnc1C(=O)c1ccccc1. The monoisotopic (exact) mass is 277 g/mol. The number of hydrogen-bond acceptors (Lipinski definition) is 6. The molecule has 0 bridgehead atoms. The second-order valence-corrected chi connectivity index (χ2v) is 4.25. The van der Waals surface area contributed by atoms with E-state index < -0.39 is 6.09 Å². The highest BCUT2D eigenvalue weighted by molar-refractivity contribution is 7.10. The molecule has 7 heteroatoms. The van der Waals surface area contributed by atoms with Gasteiger partial charge in [-0.3, -0.25) is 10.1 Å². The molecule has 0 atom stereocenters. The Balaban J connectivity index is 2.20. The van der Waals surface area contributed by atoms with Crippen LogP contribution in [0.4, 0.5) is 9.80 Å². The number of carbonyl (C=O) groups excluding carboxylic acids is 2.